The molecule has 0 aromatic rings. The maximum Gasteiger partial charge on any atom is 0.0278 e. The molecule has 0 amide bonds. The third-order valence-corrected chi connectivity index (χ3v) is 2.67. The van der Waals surface area contributed by atoms with Crippen molar-refractivity contribution in [3.63, 3.8) is 0 Å². The monoisotopic (exact) mass is 156 g/mol. The largest absolute Gasteiger partial charge is 0.252 e. The molecular formula is C9H20N2. The Bertz CT molecular complexity index is 123. The average molecular weight is 156 g/mol. The van der Waals surface area contributed by atoms with Crippen LogP contribution in [0.25, 0.3) is 0 Å². The van der Waals surface area contributed by atoms with Gasteiger partial charge in [0.15, 0.2) is 0 Å². The van der Waals surface area contributed by atoms with E-state index in [1.54, 1.807) is 0 Å². The lowest BCUT2D eigenvalue weighted by molar-refractivity contribution is 0.188. The van der Waals surface area contributed by atoms with Crippen molar-refractivity contribution in [1.82, 2.24) is 10.4 Å². The molecule has 11 heavy (non-hydrogen) atoms. The molecule has 1 N–H and O–H groups in total. The minimum Gasteiger partial charge on any atom is -0.252 e. The minimum absolute atomic E-state index is 0.715. The number of rotatable bonds is 2. The number of hydrogen-bond donors (Lipinski definition) is 1. The molecule has 2 nitrogen and oxygen atoms in total. The number of hydrogen-bond acceptors (Lipinski definition) is 2. The van der Waals surface area contributed by atoms with Gasteiger partial charge in [-0.1, -0.05) is 20.8 Å². The molecule has 0 radical (unpaired) electrons. The standard InChI is InChI=1S/C9H20N2/c1-5-8-6-9(7(2)3)11(4)10-8/h7-10H,5-6H2,1-4H3. The zero-order chi connectivity index (χ0) is 8.43. The Hall–Kier alpha value is -0.0800. The first-order valence-electron chi connectivity index (χ1n) is 4.64. The van der Waals surface area contributed by atoms with Crippen LogP contribution in [0.4, 0.5) is 0 Å². The van der Waals surface area contributed by atoms with Gasteiger partial charge in [-0.05, 0) is 18.8 Å². The lowest BCUT2D eigenvalue weighted by Crippen LogP contribution is -2.37. The second kappa shape index (κ2) is 3.55. The van der Waals surface area contributed by atoms with Crippen molar-refractivity contribution >= 4 is 0 Å². The zero-order valence-electron chi connectivity index (χ0n) is 8.09. The molecule has 0 aromatic carbocycles. The predicted molar refractivity (Wildman–Crippen MR) is 48.2 cm³/mol. The summed E-state index contributed by atoms with van der Waals surface area (Å²) in [6, 6.07) is 1.45. The van der Waals surface area contributed by atoms with Gasteiger partial charge in [0.2, 0.25) is 0 Å². The highest BCUT2D eigenvalue weighted by Crippen LogP contribution is 2.21. The molecule has 0 aliphatic carbocycles. The molecule has 1 saturated heterocycles. The molecule has 1 heterocycles. The van der Waals surface area contributed by atoms with Gasteiger partial charge in [0, 0.05) is 19.1 Å². The van der Waals surface area contributed by atoms with Crippen LogP contribution in [-0.2, 0) is 0 Å². The van der Waals surface area contributed by atoms with E-state index in [1.165, 1.54) is 12.8 Å². The molecule has 0 spiro atoms. The van der Waals surface area contributed by atoms with E-state index in [9.17, 15) is 0 Å². The van der Waals surface area contributed by atoms with Crippen molar-refractivity contribution in [3.05, 3.63) is 0 Å². The van der Waals surface area contributed by atoms with Gasteiger partial charge in [0.25, 0.3) is 0 Å². The van der Waals surface area contributed by atoms with Crippen molar-refractivity contribution in [2.24, 2.45) is 5.92 Å². The zero-order valence-corrected chi connectivity index (χ0v) is 8.09. The maximum atomic E-state index is 3.47. The number of nitrogens with one attached hydrogen (secondary N) is 1. The molecular weight excluding hydrogens is 136 g/mol. The Morgan fingerprint density at radius 2 is 2.18 bits per heavy atom. The van der Waals surface area contributed by atoms with E-state index in [4.69, 9.17) is 0 Å². The van der Waals surface area contributed by atoms with Gasteiger partial charge in [-0.25, -0.2) is 5.01 Å². The summed E-state index contributed by atoms with van der Waals surface area (Å²) in [5.41, 5.74) is 3.47. The Kier molecular flexibility index (Phi) is 2.90. The van der Waals surface area contributed by atoms with Gasteiger partial charge in [-0.3, -0.25) is 5.43 Å². The molecule has 1 aliphatic heterocycles. The second-order valence-electron chi connectivity index (χ2n) is 3.89. The minimum atomic E-state index is 0.715. The summed E-state index contributed by atoms with van der Waals surface area (Å²) in [6.07, 6.45) is 2.55. The van der Waals surface area contributed by atoms with Crippen LogP contribution >= 0.6 is 0 Å². The van der Waals surface area contributed by atoms with Gasteiger partial charge in [-0.2, -0.15) is 0 Å². The highest BCUT2D eigenvalue weighted by atomic mass is 15.5. The van der Waals surface area contributed by atoms with E-state index in [1.807, 2.05) is 0 Å². The predicted octanol–water partition coefficient (Wildman–Crippen LogP) is 1.63. The second-order valence-corrected chi connectivity index (χ2v) is 3.89. The topological polar surface area (TPSA) is 15.3 Å². The SMILES string of the molecule is CCC1CC(C(C)C)N(C)N1. The van der Waals surface area contributed by atoms with E-state index in [-0.39, 0.29) is 0 Å². The molecule has 0 bridgehead atoms. The summed E-state index contributed by atoms with van der Waals surface area (Å²) >= 11 is 0. The van der Waals surface area contributed by atoms with Crippen molar-refractivity contribution in [2.75, 3.05) is 7.05 Å². The van der Waals surface area contributed by atoms with Crippen LogP contribution in [0.2, 0.25) is 0 Å². The van der Waals surface area contributed by atoms with E-state index in [2.05, 4.69) is 38.3 Å². The van der Waals surface area contributed by atoms with E-state index in [0.29, 0.717) is 6.04 Å². The van der Waals surface area contributed by atoms with Gasteiger partial charge in [-0.15, -0.1) is 0 Å². The Morgan fingerprint density at radius 3 is 2.45 bits per heavy atom. The first kappa shape index (κ1) is 9.01. The Labute approximate surface area is 69.9 Å². The molecule has 0 aromatic heterocycles. The molecule has 1 rings (SSSR count). The fourth-order valence-electron chi connectivity index (χ4n) is 1.86. The van der Waals surface area contributed by atoms with Crippen molar-refractivity contribution < 1.29 is 0 Å². The van der Waals surface area contributed by atoms with Crippen LogP contribution in [0.5, 0.6) is 0 Å². The third-order valence-electron chi connectivity index (χ3n) is 2.67. The summed E-state index contributed by atoms with van der Waals surface area (Å²) < 4.78 is 0. The molecule has 66 valence electrons. The lowest BCUT2D eigenvalue weighted by atomic mass is 9.98. The van der Waals surface area contributed by atoms with Crippen molar-refractivity contribution in [1.29, 1.82) is 0 Å². The lowest BCUT2D eigenvalue weighted by Gasteiger charge is -2.21. The van der Waals surface area contributed by atoms with Crippen molar-refractivity contribution in [2.45, 2.75) is 45.7 Å². The average Bonchev–Trinajstić information content (AvgIpc) is 2.30. The first-order chi connectivity index (χ1) is 5.15. The Morgan fingerprint density at radius 1 is 1.55 bits per heavy atom. The van der Waals surface area contributed by atoms with Crippen LogP contribution in [0.3, 0.4) is 0 Å². The fraction of sp³-hybridized carbons (Fsp3) is 1.00. The Balaban J connectivity index is 2.45. The van der Waals surface area contributed by atoms with Crippen LogP contribution < -0.4 is 5.43 Å². The number of hydrazine groups is 1. The van der Waals surface area contributed by atoms with Gasteiger partial charge in [0.1, 0.15) is 0 Å². The number of nitrogens with zero attached hydrogens (tertiary/aromatic N) is 1. The summed E-state index contributed by atoms with van der Waals surface area (Å²) in [6.45, 7) is 6.83. The van der Waals surface area contributed by atoms with Crippen LogP contribution in [0, 0.1) is 5.92 Å². The summed E-state index contributed by atoms with van der Waals surface area (Å²) in [5.74, 6) is 0.768. The smallest absolute Gasteiger partial charge is 0.0278 e. The summed E-state index contributed by atoms with van der Waals surface area (Å²) in [5, 5.41) is 2.28. The molecule has 2 atom stereocenters. The van der Waals surface area contributed by atoms with E-state index in [0.717, 1.165) is 12.0 Å². The maximum absolute atomic E-state index is 3.47. The van der Waals surface area contributed by atoms with Crippen LogP contribution in [0.15, 0.2) is 0 Å². The van der Waals surface area contributed by atoms with E-state index >= 15 is 0 Å². The van der Waals surface area contributed by atoms with Crippen LogP contribution in [-0.4, -0.2) is 24.1 Å². The van der Waals surface area contributed by atoms with Gasteiger partial charge >= 0.3 is 0 Å². The van der Waals surface area contributed by atoms with Gasteiger partial charge < -0.3 is 0 Å². The van der Waals surface area contributed by atoms with Crippen molar-refractivity contribution in [3.8, 4) is 0 Å². The molecule has 2 heteroatoms. The highest BCUT2D eigenvalue weighted by Gasteiger charge is 2.29. The molecule has 0 saturated carbocycles. The normalized spacial score (nSPS) is 33.5. The molecule has 1 fully saturated rings. The third kappa shape index (κ3) is 1.94. The molecule has 1 aliphatic rings. The quantitative estimate of drug-likeness (QED) is 0.653. The molecule has 2 unspecified atom stereocenters. The summed E-state index contributed by atoms with van der Waals surface area (Å²) in [7, 11) is 2.15. The first-order valence-corrected chi connectivity index (χ1v) is 4.64. The summed E-state index contributed by atoms with van der Waals surface area (Å²) in [4.78, 5) is 0. The van der Waals surface area contributed by atoms with Crippen LogP contribution in [0.1, 0.15) is 33.6 Å². The highest BCUT2D eigenvalue weighted by molar-refractivity contribution is 4.83. The fourth-order valence-corrected chi connectivity index (χ4v) is 1.86. The van der Waals surface area contributed by atoms with Gasteiger partial charge in [0.05, 0.1) is 0 Å². The van der Waals surface area contributed by atoms with E-state index < -0.39 is 0 Å².